The molecule has 20 heavy (non-hydrogen) atoms. The summed E-state index contributed by atoms with van der Waals surface area (Å²) in [5.74, 6) is 1.34. The lowest BCUT2D eigenvalue weighted by Gasteiger charge is -2.52. The van der Waals surface area contributed by atoms with Crippen molar-refractivity contribution in [1.29, 1.82) is 0 Å². The number of carbonyl (C=O) groups excluding carboxylic acids is 1. The first-order chi connectivity index (χ1) is 9.59. The maximum Gasteiger partial charge on any atom is 0.228 e. The van der Waals surface area contributed by atoms with E-state index in [-0.39, 0.29) is 11.8 Å². The van der Waals surface area contributed by atoms with Gasteiger partial charge in [0.1, 0.15) is 0 Å². The normalized spacial score (nSPS) is 32.7. The molecule has 2 saturated carbocycles. The molecule has 0 saturated heterocycles. The van der Waals surface area contributed by atoms with E-state index in [0.717, 1.165) is 18.0 Å². The van der Waals surface area contributed by atoms with E-state index in [2.05, 4.69) is 31.3 Å². The van der Waals surface area contributed by atoms with Gasteiger partial charge in [-0.15, -0.1) is 0 Å². The van der Waals surface area contributed by atoms with E-state index in [9.17, 15) is 4.79 Å². The number of amides is 1. The number of benzene rings is 1. The van der Waals surface area contributed by atoms with Crippen molar-refractivity contribution < 1.29 is 4.79 Å². The average molecular weight is 271 g/mol. The molecule has 1 spiro atoms. The zero-order valence-electron chi connectivity index (χ0n) is 12.6. The fourth-order valence-corrected chi connectivity index (χ4v) is 3.91. The van der Waals surface area contributed by atoms with Crippen LogP contribution in [0.15, 0.2) is 24.3 Å². The van der Waals surface area contributed by atoms with Gasteiger partial charge in [-0.1, -0.05) is 37.5 Å². The van der Waals surface area contributed by atoms with E-state index in [1.54, 1.807) is 0 Å². The molecule has 0 bridgehead atoms. The molecule has 1 atom stereocenters. The number of hydrogen-bond donors (Lipinski definition) is 1. The molecule has 1 N–H and O–H groups in total. The smallest absolute Gasteiger partial charge is 0.228 e. The second-order valence-electron chi connectivity index (χ2n) is 6.99. The monoisotopic (exact) mass is 271 g/mol. The van der Waals surface area contributed by atoms with Crippen LogP contribution < -0.4 is 5.32 Å². The molecule has 3 rings (SSSR count). The zero-order chi connectivity index (χ0) is 14.2. The quantitative estimate of drug-likeness (QED) is 0.840. The summed E-state index contributed by atoms with van der Waals surface area (Å²) in [7, 11) is 0. The topological polar surface area (TPSA) is 29.1 Å². The summed E-state index contributed by atoms with van der Waals surface area (Å²) in [5.41, 5.74) is 2.50. The Balaban J connectivity index is 1.64. The molecule has 2 heteroatoms. The first kappa shape index (κ1) is 13.7. The first-order valence-corrected chi connectivity index (χ1v) is 7.97. The summed E-state index contributed by atoms with van der Waals surface area (Å²) < 4.78 is 0. The Morgan fingerprint density at radius 3 is 2.25 bits per heavy atom. The highest BCUT2D eigenvalue weighted by Crippen LogP contribution is 2.56. The molecule has 0 aromatic heterocycles. The highest BCUT2D eigenvalue weighted by atomic mass is 16.2. The van der Waals surface area contributed by atoms with Crippen molar-refractivity contribution >= 4 is 11.6 Å². The lowest BCUT2D eigenvalue weighted by molar-refractivity contribution is -0.134. The van der Waals surface area contributed by atoms with E-state index >= 15 is 0 Å². The fraction of sp³-hybridized carbons (Fsp3) is 0.611. The molecule has 1 aromatic rings. The third kappa shape index (κ3) is 2.48. The van der Waals surface area contributed by atoms with Crippen LogP contribution in [-0.4, -0.2) is 5.91 Å². The van der Waals surface area contributed by atoms with Crippen LogP contribution in [0.25, 0.3) is 0 Å². The summed E-state index contributed by atoms with van der Waals surface area (Å²) in [6.07, 6.45) is 7.43. The van der Waals surface area contributed by atoms with Crippen molar-refractivity contribution in [3.05, 3.63) is 29.8 Å². The van der Waals surface area contributed by atoms with Gasteiger partial charge < -0.3 is 5.32 Å². The van der Waals surface area contributed by atoms with Crippen LogP contribution in [0.4, 0.5) is 5.69 Å². The highest BCUT2D eigenvalue weighted by Gasteiger charge is 2.51. The maximum absolute atomic E-state index is 12.5. The van der Waals surface area contributed by atoms with Crippen LogP contribution in [0.3, 0.4) is 0 Å². The van der Waals surface area contributed by atoms with Crippen LogP contribution in [0.5, 0.6) is 0 Å². The van der Waals surface area contributed by atoms with E-state index in [4.69, 9.17) is 0 Å². The predicted octanol–water partition coefficient (Wildman–Crippen LogP) is 4.54. The molecule has 2 aliphatic carbocycles. The van der Waals surface area contributed by atoms with E-state index in [1.807, 2.05) is 12.1 Å². The van der Waals surface area contributed by atoms with Crippen LogP contribution in [0.2, 0.25) is 0 Å². The zero-order valence-corrected chi connectivity index (χ0v) is 12.6. The fourth-order valence-electron chi connectivity index (χ4n) is 3.91. The Bertz CT molecular complexity index is 483. The SMILES string of the molecule is Cc1ccc(NC(=O)C2CCC23CCC(C)CC3)cc1. The van der Waals surface area contributed by atoms with Gasteiger partial charge in [0.15, 0.2) is 0 Å². The van der Waals surface area contributed by atoms with Crippen LogP contribution in [-0.2, 0) is 4.79 Å². The molecule has 2 fully saturated rings. The van der Waals surface area contributed by atoms with Gasteiger partial charge in [0, 0.05) is 11.6 Å². The van der Waals surface area contributed by atoms with Gasteiger partial charge in [-0.05, 0) is 56.1 Å². The standard InChI is InChI=1S/C18H25NO/c1-13-3-5-15(6-4-13)19-17(20)16-9-12-18(16)10-7-14(2)8-11-18/h3-6,14,16H,7-12H2,1-2H3,(H,19,20). The van der Waals surface area contributed by atoms with Gasteiger partial charge in [-0.3, -0.25) is 4.79 Å². The molecule has 108 valence electrons. The van der Waals surface area contributed by atoms with Gasteiger partial charge in [0.2, 0.25) is 5.91 Å². The van der Waals surface area contributed by atoms with Crippen molar-refractivity contribution in [1.82, 2.24) is 0 Å². The Morgan fingerprint density at radius 2 is 1.70 bits per heavy atom. The number of rotatable bonds is 2. The minimum absolute atomic E-state index is 0.245. The predicted molar refractivity (Wildman–Crippen MR) is 82.6 cm³/mol. The molecule has 0 aliphatic heterocycles. The largest absolute Gasteiger partial charge is 0.326 e. The van der Waals surface area contributed by atoms with Gasteiger partial charge in [0.25, 0.3) is 0 Å². The summed E-state index contributed by atoms with van der Waals surface area (Å²) in [5, 5.41) is 3.11. The molecule has 1 amide bonds. The lowest BCUT2D eigenvalue weighted by Crippen LogP contribution is -2.48. The highest BCUT2D eigenvalue weighted by molar-refractivity contribution is 5.93. The number of nitrogens with one attached hydrogen (secondary N) is 1. The first-order valence-electron chi connectivity index (χ1n) is 7.97. The summed E-state index contributed by atoms with van der Waals surface area (Å²) in [6, 6.07) is 8.10. The van der Waals surface area contributed by atoms with Crippen molar-refractivity contribution in [2.45, 2.75) is 52.4 Å². The lowest BCUT2D eigenvalue weighted by atomic mass is 9.52. The second-order valence-corrected chi connectivity index (χ2v) is 6.99. The molecule has 0 radical (unpaired) electrons. The van der Waals surface area contributed by atoms with Crippen LogP contribution in [0.1, 0.15) is 51.0 Å². The van der Waals surface area contributed by atoms with Crippen molar-refractivity contribution in [3.63, 3.8) is 0 Å². The Hall–Kier alpha value is -1.31. The van der Waals surface area contributed by atoms with Gasteiger partial charge in [-0.2, -0.15) is 0 Å². The Labute approximate surface area is 122 Å². The molecule has 1 unspecified atom stereocenters. The second kappa shape index (κ2) is 5.23. The molecule has 2 aliphatic rings. The van der Waals surface area contributed by atoms with Gasteiger partial charge >= 0.3 is 0 Å². The van der Waals surface area contributed by atoms with Gasteiger partial charge in [-0.25, -0.2) is 0 Å². The van der Waals surface area contributed by atoms with Crippen molar-refractivity contribution in [2.75, 3.05) is 5.32 Å². The minimum atomic E-state index is 0.245. The van der Waals surface area contributed by atoms with Crippen LogP contribution >= 0.6 is 0 Å². The number of aryl methyl sites for hydroxylation is 1. The third-order valence-electron chi connectivity index (χ3n) is 5.58. The Morgan fingerprint density at radius 1 is 1.10 bits per heavy atom. The number of hydrogen-bond acceptors (Lipinski definition) is 1. The number of carbonyl (C=O) groups is 1. The third-order valence-corrected chi connectivity index (χ3v) is 5.58. The van der Waals surface area contributed by atoms with Crippen molar-refractivity contribution in [2.24, 2.45) is 17.3 Å². The molecular weight excluding hydrogens is 246 g/mol. The molecule has 2 nitrogen and oxygen atoms in total. The molecular formula is C18H25NO. The summed E-state index contributed by atoms with van der Waals surface area (Å²) in [4.78, 5) is 12.5. The van der Waals surface area contributed by atoms with E-state index < -0.39 is 0 Å². The van der Waals surface area contributed by atoms with Crippen LogP contribution in [0, 0.1) is 24.2 Å². The maximum atomic E-state index is 12.5. The Kier molecular flexibility index (Phi) is 3.57. The average Bonchev–Trinajstić information content (AvgIpc) is 2.41. The summed E-state index contributed by atoms with van der Waals surface area (Å²) in [6.45, 7) is 4.41. The number of anilines is 1. The van der Waals surface area contributed by atoms with Crippen molar-refractivity contribution in [3.8, 4) is 0 Å². The van der Waals surface area contributed by atoms with Gasteiger partial charge in [0.05, 0.1) is 0 Å². The molecule has 0 heterocycles. The molecule has 1 aromatic carbocycles. The summed E-state index contributed by atoms with van der Waals surface area (Å²) >= 11 is 0. The minimum Gasteiger partial charge on any atom is -0.326 e. The van der Waals surface area contributed by atoms with E-state index in [1.165, 1.54) is 37.7 Å². The van der Waals surface area contributed by atoms with E-state index in [0.29, 0.717) is 5.41 Å².